The van der Waals surface area contributed by atoms with Crippen LogP contribution in [0.1, 0.15) is 29.2 Å². The molecule has 0 radical (unpaired) electrons. The maximum Gasteiger partial charge on any atom is 0.270 e. The van der Waals surface area contributed by atoms with Crippen LogP contribution in [-0.4, -0.2) is 26.4 Å². The van der Waals surface area contributed by atoms with E-state index in [1.165, 1.54) is 12.1 Å². The van der Waals surface area contributed by atoms with Crippen molar-refractivity contribution in [3.8, 4) is 0 Å². The zero-order chi connectivity index (χ0) is 23.7. The zero-order valence-corrected chi connectivity index (χ0v) is 18.1. The number of Topliss-reactive ketones (excluding diaryl/α,β-unsaturated/α-hetero) is 1. The Kier molecular flexibility index (Phi) is 5.55. The highest BCUT2D eigenvalue weighted by Gasteiger charge is 2.26. The molecular formula is C26H20N4O4. The second-order valence-corrected chi connectivity index (χ2v) is 8.27. The lowest BCUT2D eigenvalue weighted by Crippen LogP contribution is -2.25. The minimum Gasteiger partial charge on any atom is -0.319 e. The van der Waals surface area contributed by atoms with Gasteiger partial charge in [-0.2, -0.15) is 0 Å². The summed E-state index contributed by atoms with van der Waals surface area (Å²) in [6, 6.07) is 21.0. The molecule has 4 aromatic rings. The lowest BCUT2D eigenvalue weighted by molar-refractivity contribution is -0.384. The molecule has 0 amide bonds. The van der Waals surface area contributed by atoms with Crippen molar-refractivity contribution in [2.24, 2.45) is 4.99 Å². The van der Waals surface area contributed by atoms with Crippen molar-refractivity contribution < 1.29 is 9.72 Å². The normalized spacial score (nSPS) is 13.9. The fourth-order valence-corrected chi connectivity index (χ4v) is 4.26. The first-order valence-electron chi connectivity index (χ1n) is 10.9. The number of nitrogens with one attached hydrogen (secondary N) is 1. The van der Waals surface area contributed by atoms with Gasteiger partial charge < -0.3 is 4.98 Å². The molecule has 3 aromatic carbocycles. The van der Waals surface area contributed by atoms with Gasteiger partial charge in [0.05, 0.1) is 27.4 Å². The van der Waals surface area contributed by atoms with Crippen molar-refractivity contribution >= 4 is 33.9 Å². The Morgan fingerprint density at radius 1 is 0.941 bits per heavy atom. The Bertz CT molecular complexity index is 1510. The number of para-hydroxylation sites is 3. The summed E-state index contributed by atoms with van der Waals surface area (Å²) in [5.41, 5.74) is 4.18. The summed E-state index contributed by atoms with van der Waals surface area (Å²) in [5.74, 6) is -0.380. The van der Waals surface area contributed by atoms with Gasteiger partial charge in [-0.25, -0.2) is 9.98 Å². The smallest absolute Gasteiger partial charge is 0.270 e. The number of carbonyl (C=O) groups excluding carboxylic acids is 1. The van der Waals surface area contributed by atoms with E-state index in [9.17, 15) is 19.7 Å². The number of H-pyrrole nitrogens is 1. The van der Waals surface area contributed by atoms with Crippen molar-refractivity contribution in [2.45, 2.75) is 25.2 Å². The second kappa shape index (κ2) is 8.82. The highest BCUT2D eigenvalue weighted by Crippen LogP contribution is 2.30. The molecule has 5 rings (SSSR count). The number of nitrogens with zero attached hydrogens (tertiary/aromatic N) is 3. The third-order valence-corrected chi connectivity index (χ3v) is 6.04. The summed E-state index contributed by atoms with van der Waals surface area (Å²) < 4.78 is 0. The number of hydrogen-bond donors (Lipinski definition) is 1. The number of benzene rings is 3. The van der Waals surface area contributed by atoms with E-state index in [0.717, 1.165) is 16.8 Å². The van der Waals surface area contributed by atoms with Crippen molar-refractivity contribution in [3.63, 3.8) is 0 Å². The maximum absolute atomic E-state index is 12.9. The Hall–Kier alpha value is -4.46. The van der Waals surface area contributed by atoms with E-state index in [4.69, 9.17) is 0 Å². The van der Waals surface area contributed by atoms with Gasteiger partial charge in [0.2, 0.25) is 0 Å². The average Bonchev–Trinajstić information content (AvgIpc) is 2.84. The SMILES string of the molecule is O=C1Cc2ccccc2N=C1CC(Cc1nc2ccccc2[nH]c1=O)c1ccc([N+](=O)[O-])cc1. The van der Waals surface area contributed by atoms with Crippen molar-refractivity contribution in [3.05, 3.63) is 110 Å². The molecule has 0 saturated carbocycles. The molecule has 1 aliphatic heterocycles. The summed E-state index contributed by atoms with van der Waals surface area (Å²) in [6.07, 6.45) is 0.821. The first-order valence-corrected chi connectivity index (χ1v) is 10.9. The molecule has 168 valence electrons. The molecule has 0 saturated heterocycles. The van der Waals surface area contributed by atoms with Crippen LogP contribution in [0.25, 0.3) is 11.0 Å². The van der Waals surface area contributed by atoms with Crippen LogP contribution in [0, 0.1) is 10.1 Å². The summed E-state index contributed by atoms with van der Waals surface area (Å²) in [4.78, 5) is 48.3. The Morgan fingerprint density at radius 2 is 1.68 bits per heavy atom. The molecule has 1 aliphatic rings. The van der Waals surface area contributed by atoms with E-state index in [-0.39, 0.29) is 35.8 Å². The molecule has 2 heterocycles. The Balaban J connectivity index is 1.53. The molecule has 34 heavy (non-hydrogen) atoms. The standard InChI is InChI=1S/C26H20N4O4/c31-25-15-17-5-1-2-6-20(17)27-23(25)13-18(16-9-11-19(12-10-16)30(33)34)14-24-26(32)29-22-8-4-3-7-21(22)28-24/h1-12,18H,13-15H2,(H,29,32). The quantitative estimate of drug-likeness (QED) is 0.343. The molecule has 0 fully saturated rings. The zero-order valence-electron chi connectivity index (χ0n) is 18.1. The number of carbonyl (C=O) groups is 1. The number of hydrogen-bond acceptors (Lipinski definition) is 6. The van der Waals surface area contributed by atoms with Crippen LogP contribution >= 0.6 is 0 Å². The summed E-state index contributed by atoms with van der Waals surface area (Å²) in [6.45, 7) is 0. The molecule has 0 bridgehead atoms. The molecule has 1 aromatic heterocycles. The minimum atomic E-state index is -0.458. The number of ketones is 1. The molecule has 8 nitrogen and oxygen atoms in total. The van der Waals surface area contributed by atoms with E-state index in [1.807, 2.05) is 42.5 Å². The fourth-order valence-electron chi connectivity index (χ4n) is 4.26. The van der Waals surface area contributed by atoms with E-state index < -0.39 is 4.92 Å². The van der Waals surface area contributed by atoms with Gasteiger partial charge in [0, 0.05) is 31.4 Å². The van der Waals surface area contributed by atoms with E-state index in [1.54, 1.807) is 18.2 Å². The van der Waals surface area contributed by atoms with E-state index in [2.05, 4.69) is 15.0 Å². The Labute approximate surface area is 194 Å². The largest absolute Gasteiger partial charge is 0.319 e. The average molecular weight is 452 g/mol. The number of fused-ring (bicyclic) bond motifs is 2. The number of aliphatic imine (C=N–C) groups is 1. The highest BCUT2D eigenvalue weighted by molar-refractivity contribution is 6.41. The fraction of sp³-hybridized carbons (Fsp3) is 0.154. The number of nitro benzene ring substituents is 1. The molecule has 0 aliphatic carbocycles. The predicted octanol–water partition coefficient (Wildman–Crippen LogP) is 4.45. The predicted molar refractivity (Wildman–Crippen MR) is 129 cm³/mol. The van der Waals surface area contributed by atoms with Crippen LogP contribution in [0.15, 0.2) is 82.6 Å². The van der Waals surface area contributed by atoms with Gasteiger partial charge in [-0.15, -0.1) is 0 Å². The molecule has 0 spiro atoms. The van der Waals surface area contributed by atoms with Gasteiger partial charge in [0.25, 0.3) is 11.2 Å². The van der Waals surface area contributed by atoms with Crippen LogP contribution < -0.4 is 5.56 Å². The van der Waals surface area contributed by atoms with Crippen LogP contribution in [0.4, 0.5) is 11.4 Å². The number of aromatic amines is 1. The minimum absolute atomic E-state index is 0.0239. The van der Waals surface area contributed by atoms with Gasteiger partial charge in [-0.05, 0) is 35.2 Å². The molecule has 1 N–H and O–H groups in total. The van der Waals surface area contributed by atoms with Gasteiger partial charge in [0.1, 0.15) is 5.69 Å². The van der Waals surface area contributed by atoms with Gasteiger partial charge >= 0.3 is 0 Å². The third kappa shape index (κ3) is 4.25. The number of non-ortho nitro benzene ring substituents is 1. The first-order chi connectivity index (χ1) is 16.5. The Morgan fingerprint density at radius 3 is 2.47 bits per heavy atom. The summed E-state index contributed by atoms with van der Waals surface area (Å²) in [5, 5.41) is 11.1. The van der Waals surface area contributed by atoms with Crippen molar-refractivity contribution in [1.29, 1.82) is 0 Å². The molecule has 1 unspecified atom stereocenters. The van der Waals surface area contributed by atoms with E-state index in [0.29, 0.717) is 28.9 Å². The number of rotatable bonds is 6. The highest BCUT2D eigenvalue weighted by atomic mass is 16.6. The lowest BCUT2D eigenvalue weighted by atomic mass is 9.86. The van der Waals surface area contributed by atoms with Crippen LogP contribution in [0.5, 0.6) is 0 Å². The van der Waals surface area contributed by atoms with Gasteiger partial charge in [-0.3, -0.25) is 19.7 Å². The van der Waals surface area contributed by atoms with E-state index >= 15 is 0 Å². The second-order valence-electron chi connectivity index (χ2n) is 8.27. The topological polar surface area (TPSA) is 118 Å². The van der Waals surface area contributed by atoms with Crippen LogP contribution in [0.2, 0.25) is 0 Å². The first kappa shape index (κ1) is 21.4. The number of nitro groups is 1. The van der Waals surface area contributed by atoms with Crippen LogP contribution in [0.3, 0.4) is 0 Å². The summed E-state index contributed by atoms with van der Waals surface area (Å²) in [7, 11) is 0. The van der Waals surface area contributed by atoms with Crippen LogP contribution in [-0.2, 0) is 17.6 Å². The molecule has 8 heteroatoms. The number of aromatic nitrogens is 2. The van der Waals surface area contributed by atoms with Gasteiger partial charge in [0.15, 0.2) is 5.78 Å². The van der Waals surface area contributed by atoms with Crippen molar-refractivity contribution in [2.75, 3.05) is 0 Å². The van der Waals surface area contributed by atoms with Crippen molar-refractivity contribution in [1.82, 2.24) is 9.97 Å². The summed E-state index contributed by atoms with van der Waals surface area (Å²) >= 11 is 0. The lowest BCUT2D eigenvalue weighted by Gasteiger charge is -2.20. The maximum atomic E-state index is 12.9. The molecule has 1 atom stereocenters. The molecular weight excluding hydrogens is 432 g/mol. The third-order valence-electron chi connectivity index (χ3n) is 6.04. The van der Waals surface area contributed by atoms with Gasteiger partial charge in [-0.1, -0.05) is 42.5 Å². The monoisotopic (exact) mass is 452 g/mol.